The van der Waals surface area contributed by atoms with E-state index < -0.39 is 0 Å². The Morgan fingerprint density at radius 1 is 0.862 bits per heavy atom. The van der Waals surface area contributed by atoms with Gasteiger partial charge in [0.05, 0.1) is 6.54 Å². The topological polar surface area (TPSA) is 99.3 Å². The summed E-state index contributed by atoms with van der Waals surface area (Å²) in [7, 11) is 0. The highest BCUT2D eigenvalue weighted by Crippen LogP contribution is 2.13. The van der Waals surface area contributed by atoms with Crippen molar-refractivity contribution in [2.24, 2.45) is 0 Å². The van der Waals surface area contributed by atoms with Crippen LogP contribution in [0.2, 0.25) is 0 Å². The quantitative estimate of drug-likeness (QED) is 0.578. The van der Waals surface area contributed by atoms with Crippen LogP contribution in [-0.4, -0.2) is 36.3 Å². The smallest absolute Gasteiger partial charge is 0.251 e. The Kier molecular flexibility index (Phi) is 7.36. The number of hydrogen-bond donors (Lipinski definition) is 4. The number of amides is 3. The van der Waals surface area contributed by atoms with E-state index in [1.807, 2.05) is 27.7 Å². The molecule has 2 rings (SSSR count). The molecule has 0 aromatic heterocycles. The van der Waals surface area contributed by atoms with Crippen LogP contribution >= 0.6 is 0 Å². The summed E-state index contributed by atoms with van der Waals surface area (Å²) in [5, 5.41) is 11.4. The SMILES string of the molecule is CCNC(=O)c1cccc(NCC(=O)Nc2cccc(C(=O)NC(C)(C)C)c2)c1. The predicted octanol–water partition coefficient (Wildman–Crippen LogP) is 3.02. The zero-order valence-corrected chi connectivity index (χ0v) is 17.3. The van der Waals surface area contributed by atoms with Crippen molar-refractivity contribution in [3.63, 3.8) is 0 Å². The van der Waals surface area contributed by atoms with E-state index in [1.165, 1.54) is 0 Å². The van der Waals surface area contributed by atoms with E-state index in [0.29, 0.717) is 29.0 Å². The van der Waals surface area contributed by atoms with Crippen molar-refractivity contribution < 1.29 is 14.4 Å². The maximum atomic E-state index is 12.3. The highest BCUT2D eigenvalue weighted by atomic mass is 16.2. The van der Waals surface area contributed by atoms with E-state index in [-0.39, 0.29) is 29.8 Å². The first-order chi connectivity index (χ1) is 13.7. The van der Waals surface area contributed by atoms with E-state index in [4.69, 9.17) is 0 Å². The molecule has 0 heterocycles. The molecule has 2 aromatic rings. The number of nitrogens with one attached hydrogen (secondary N) is 4. The van der Waals surface area contributed by atoms with Gasteiger partial charge in [0.15, 0.2) is 0 Å². The van der Waals surface area contributed by atoms with Gasteiger partial charge in [0.1, 0.15) is 0 Å². The molecular formula is C22H28N4O3. The maximum Gasteiger partial charge on any atom is 0.251 e. The highest BCUT2D eigenvalue weighted by molar-refractivity contribution is 5.98. The second-order valence-electron chi connectivity index (χ2n) is 7.63. The van der Waals surface area contributed by atoms with Gasteiger partial charge in [0.2, 0.25) is 5.91 Å². The summed E-state index contributed by atoms with van der Waals surface area (Å²) in [5.74, 6) is -0.623. The second kappa shape index (κ2) is 9.73. The molecular weight excluding hydrogens is 368 g/mol. The average Bonchev–Trinajstić information content (AvgIpc) is 2.66. The van der Waals surface area contributed by atoms with Gasteiger partial charge in [0, 0.05) is 34.6 Å². The highest BCUT2D eigenvalue weighted by Gasteiger charge is 2.15. The number of hydrogen-bond acceptors (Lipinski definition) is 4. The lowest BCUT2D eigenvalue weighted by Gasteiger charge is -2.20. The van der Waals surface area contributed by atoms with Gasteiger partial charge in [-0.1, -0.05) is 12.1 Å². The van der Waals surface area contributed by atoms with Crippen LogP contribution < -0.4 is 21.3 Å². The fraction of sp³-hybridized carbons (Fsp3) is 0.318. The van der Waals surface area contributed by atoms with E-state index in [0.717, 1.165) is 0 Å². The Bertz CT molecular complexity index is 888. The molecule has 0 aliphatic rings. The molecule has 3 amide bonds. The van der Waals surface area contributed by atoms with Crippen molar-refractivity contribution in [3.8, 4) is 0 Å². The molecule has 0 unspecified atom stereocenters. The van der Waals surface area contributed by atoms with E-state index in [2.05, 4.69) is 21.3 Å². The monoisotopic (exact) mass is 396 g/mol. The minimum absolute atomic E-state index is 0.0251. The van der Waals surface area contributed by atoms with Crippen molar-refractivity contribution in [2.75, 3.05) is 23.7 Å². The van der Waals surface area contributed by atoms with Crippen LogP contribution in [0.1, 0.15) is 48.4 Å². The molecule has 0 saturated carbocycles. The average molecular weight is 396 g/mol. The summed E-state index contributed by atoms with van der Waals surface area (Å²) in [5.41, 5.74) is 1.86. The number of carbonyl (C=O) groups excluding carboxylic acids is 3. The van der Waals surface area contributed by atoms with Gasteiger partial charge in [-0.25, -0.2) is 0 Å². The third kappa shape index (κ3) is 7.29. The largest absolute Gasteiger partial charge is 0.376 e. The molecule has 7 nitrogen and oxygen atoms in total. The molecule has 2 aromatic carbocycles. The lowest BCUT2D eigenvalue weighted by molar-refractivity contribution is -0.114. The molecule has 29 heavy (non-hydrogen) atoms. The first-order valence-corrected chi connectivity index (χ1v) is 9.52. The second-order valence-corrected chi connectivity index (χ2v) is 7.63. The van der Waals surface area contributed by atoms with Crippen molar-refractivity contribution in [1.29, 1.82) is 0 Å². The summed E-state index contributed by atoms with van der Waals surface area (Å²) in [4.78, 5) is 36.4. The molecule has 154 valence electrons. The van der Waals surface area contributed by atoms with Crippen LogP contribution in [0.5, 0.6) is 0 Å². The fourth-order valence-corrected chi connectivity index (χ4v) is 2.57. The normalized spacial score (nSPS) is 10.8. The molecule has 0 saturated heterocycles. The summed E-state index contributed by atoms with van der Waals surface area (Å²) < 4.78 is 0. The van der Waals surface area contributed by atoms with E-state index in [9.17, 15) is 14.4 Å². The predicted molar refractivity (Wildman–Crippen MR) is 115 cm³/mol. The Morgan fingerprint density at radius 3 is 2.07 bits per heavy atom. The Labute approximate surface area is 171 Å². The molecule has 0 aliphatic carbocycles. The molecule has 0 atom stereocenters. The Hall–Kier alpha value is -3.35. The van der Waals surface area contributed by atoms with Crippen molar-refractivity contribution in [1.82, 2.24) is 10.6 Å². The van der Waals surface area contributed by atoms with Gasteiger partial charge in [-0.15, -0.1) is 0 Å². The lowest BCUT2D eigenvalue weighted by atomic mass is 10.1. The minimum Gasteiger partial charge on any atom is -0.376 e. The number of rotatable bonds is 7. The lowest BCUT2D eigenvalue weighted by Crippen LogP contribution is -2.40. The van der Waals surface area contributed by atoms with Gasteiger partial charge in [-0.2, -0.15) is 0 Å². The van der Waals surface area contributed by atoms with Crippen LogP contribution in [0.3, 0.4) is 0 Å². The van der Waals surface area contributed by atoms with Gasteiger partial charge < -0.3 is 21.3 Å². The fourth-order valence-electron chi connectivity index (χ4n) is 2.57. The standard InChI is InChI=1S/C22H28N4O3/c1-5-23-20(28)15-8-6-10-17(12-15)24-14-19(27)25-18-11-7-9-16(13-18)21(29)26-22(2,3)4/h6-13,24H,5,14H2,1-4H3,(H,23,28)(H,25,27)(H,26,29). The van der Waals surface area contributed by atoms with E-state index >= 15 is 0 Å². The maximum absolute atomic E-state index is 12.3. The van der Waals surface area contributed by atoms with Gasteiger partial charge in [-0.05, 0) is 64.1 Å². The molecule has 0 fully saturated rings. The summed E-state index contributed by atoms with van der Waals surface area (Å²) in [6.07, 6.45) is 0. The third-order valence-corrected chi connectivity index (χ3v) is 3.81. The number of carbonyl (C=O) groups is 3. The summed E-state index contributed by atoms with van der Waals surface area (Å²) in [6, 6.07) is 13.7. The number of anilines is 2. The molecule has 0 spiro atoms. The van der Waals surface area contributed by atoms with E-state index in [1.54, 1.807) is 48.5 Å². The van der Waals surface area contributed by atoms with Crippen LogP contribution in [0, 0.1) is 0 Å². The van der Waals surface area contributed by atoms with Crippen molar-refractivity contribution >= 4 is 29.1 Å². The summed E-state index contributed by atoms with van der Waals surface area (Å²) >= 11 is 0. The van der Waals surface area contributed by atoms with Crippen molar-refractivity contribution in [2.45, 2.75) is 33.2 Å². The van der Waals surface area contributed by atoms with Crippen LogP contribution in [0.25, 0.3) is 0 Å². The van der Waals surface area contributed by atoms with Gasteiger partial charge >= 0.3 is 0 Å². The first-order valence-electron chi connectivity index (χ1n) is 9.52. The molecule has 0 radical (unpaired) electrons. The molecule has 4 N–H and O–H groups in total. The third-order valence-electron chi connectivity index (χ3n) is 3.81. The molecule has 7 heteroatoms. The summed E-state index contributed by atoms with van der Waals surface area (Å²) in [6.45, 7) is 8.14. The zero-order valence-electron chi connectivity index (χ0n) is 17.3. The van der Waals surface area contributed by atoms with Gasteiger partial charge in [-0.3, -0.25) is 14.4 Å². The van der Waals surface area contributed by atoms with Crippen LogP contribution in [-0.2, 0) is 4.79 Å². The van der Waals surface area contributed by atoms with Gasteiger partial charge in [0.25, 0.3) is 11.8 Å². The van der Waals surface area contributed by atoms with Crippen LogP contribution in [0.4, 0.5) is 11.4 Å². The first kappa shape index (κ1) is 21.9. The Balaban J connectivity index is 1.95. The molecule has 0 aliphatic heterocycles. The number of benzene rings is 2. The Morgan fingerprint density at radius 2 is 1.45 bits per heavy atom. The van der Waals surface area contributed by atoms with Crippen molar-refractivity contribution in [3.05, 3.63) is 59.7 Å². The molecule has 0 bridgehead atoms. The zero-order chi connectivity index (χ0) is 21.4. The minimum atomic E-state index is -0.344. The van der Waals surface area contributed by atoms with Crippen LogP contribution in [0.15, 0.2) is 48.5 Å².